The van der Waals surface area contributed by atoms with Gasteiger partial charge in [-0.1, -0.05) is 105 Å². The average molecular weight is 453 g/mol. The lowest BCUT2D eigenvalue weighted by Gasteiger charge is -2.42. The van der Waals surface area contributed by atoms with Gasteiger partial charge in [0.2, 0.25) is 0 Å². The molecule has 0 aliphatic heterocycles. The second kappa shape index (κ2) is 15.0. The Morgan fingerprint density at radius 2 is 0.844 bits per heavy atom. The summed E-state index contributed by atoms with van der Waals surface area (Å²) >= 11 is 0. The van der Waals surface area contributed by atoms with Crippen LogP contribution in [0.5, 0.6) is 0 Å². The first-order chi connectivity index (χ1) is 15.1. The van der Waals surface area contributed by atoms with E-state index in [4.69, 9.17) is 0 Å². The van der Waals surface area contributed by atoms with Crippen molar-refractivity contribution in [3.8, 4) is 0 Å². The zero-order chi connectivity index (χ0) is 24.0. The van der Waals surface area contributed by atoms with Crippen LogP contribution >= 0.6 is 0 Å². The van der Waals surface area contributed by atoms with Crippen LogP contribution in [0.25, 0.3) is 0 Å². The van der Waals surface area contributed by atoms with E-state index in [2.05, 4.69) is 27.7 Å². The quantitative estimate of drug-likeness (QED) is 0.204. The van der Waals surface area contributed by atoms with E-state index >= 15 is 0 Å². The molecule has 0 aromatic carbocycles. The molecule has 0 saturated heterocycles. The fraction of sp³-hybridized carbons (Fsp3) is 0.929. The van der Waals surface area contributed by atoms with E-state index < -0.39 is 22.8 Å². The lowest BCUT2D eigenvalue weighted by atomic mass is 9.60. The molecular formula is C28H52O4. The highest BCUT2D eigenvalue weighted by Crippen LogP contribution is 2.50. The van der Waals surface area contributed by atoms with Crippen molar-refractivity contribution >= 4 is 11.9 Å². The molecule has 0 aromatic heterocycles. The predicted molar refractivity (Wildman–Crippen MR) is 133 cm³/mol. The van der Waals surface area contributed by atoms with E-state index in [-0.39, 0.29) is 0 Å². The van der Waals surface area contributed by atoms with Gasteiger partial charge < -0.3 is 10.2 Å². The summed E-state index contributed by atoms with van der Waals surface area (Å²) in [5.41, 5.74) is -1.40. The van der Waals surface area contributed by atoms with Crippen LogP contribution in [0.4, 0.5) is 0 Å². The third-order valence-electron chi connectivity index (χ3n) is 7.95. The largest absolute Gasteiger partial charge is 0.481 e. The number of carboxylic acid groups (broad SMARTS) is 2. The summed E-state index contributed by atoms with van der Waals surface area (Å²) < 4.78 is 0. The number of carbonyl (C=O) groups is 2. The van der Waals surface area contributed by atoms with Gasteiger partial charge in [0, 0.05) is 0 Å². The molecule has 0 amide bonds. The van der Waals surface area contributed by atoms with Crippen LogP contribution in [0.3, 0.4) is 0 Å². The van der Waals surface area contributed by atoms with Gasteiger partial charge in [-0.2, -0.15) is 0 Å². The molecule has 0 radical (unpaired) electrons. The normalized spacial score (nSPS) is 23.7. The molecule has 1 rings (SSSR count). The van der Waals surface area contributed by atoms with Crippen molar-refractivity contribution in [2.75, 3.05) is 0 Å². The summed E-state index contributed by atoms with van der Waals surface area (Å²) in [5, 5.41) is 20.0. The third-order valence-corrected chi connectivity index (χ3v) is 7.95. The topological polar surface area (TPSA) is 74.6 Å². The first-order valence-electron chi connectivity index (χ1n) is 13.6. The highest BCUT2D eigenvalue weighted by atomic mass is 16.4. The maximum atomic E-state index is 12.2. The Morgan fingerprint density at radius 1 is 0.562 bits per heavy atom. The van der Waals surface area contributed by atoms with Gasteiger partial charge in [0.05, 0.1) is 10.8 Å². The van der Waals surface area contributed by atoms with Crippen LogP contribution < -0.4 is 0 Å². The minimum atomic E-state index is -0.707. The van der Waals surface area contributed by atoms with Crippen LogP contribution in [0.2, 0.25) is 0 Å². The van der Waals surface area contributed by atoms with Crippen molar-refractivity contribution < 1.29 is 19.8 Å². The monoisotopic (exact) mass is 452 g/mol. The van der Waals surface area contributed by atoms with Crippen molar-refractivity contribution in [2.24, 2.45) is 22.7 Å². The van der Waals surface area contributed by atoms with Crippen LogP contribution in [-0.2, 0) is 9.59 Å². The fourth-order valence-electron chi connectivity index (χ4n) is 5.44. The zero-order valence-electron chi connectivity index (χ0n) is 21.6. The van der Waals surface area contributed by atoms with Gasteiger partial charge in [-0.25, -0.2) is 0 Å². The molecule has 32 heavy (non-hydrogen) atoms. The molecule has 4 heteroatoms. The minimum absolute atomic E-state index is 0.524. The van der Waals surface area contributed by atoms with E-state index in [9.17, 15) is 19.8 Å². The number of unbranched alkanes of at least 4 members (excludes halogenated alkanes) is 8. The third kappa shape index (κ3) is 10.3. The first kappa shape index (κ1) is 29.0. The Morgan fingerprint density at radius 3 is 1.12 bits per heavy atom. The molecule has 0 unspecified atom stereocenters. The molecule has 188 valence electrons. The smallest absolute Gasteiger partial charge is 0.309 e. The van der Waals surface area contributed by atoms with E-state index in [1.807, 2.05) is 0 Å². The number of hydrogen-bond acceptors (Lipinski definition) is 2. The van der Waals surface area contributed by atoms with E-state index in [1.165, 1.54) is 51.4 Å². The molecule has 4 nitrogen and oxygen atoms in total. The standard InChI is InChI=1S/C28H52O4/c1-23(2)15-11-7-5-9-13-17-27(25(29)30)19-21-28(22-20-27,26(31)32)18-14-10-6-8-12-16-24(3)4/h23-24H,5-22H2,1-4H3,(H,29,30)(H,31,32). The lowest BCUT2D eigenvalue weighted by molar-refractivity contribution is -0.162. The van der Waals surface area contributed by atoms with Gasteiger partial charge in [0.25, 0.3) is 0 Å². The summed E-state index contributed by atoms with van der Waals surface area (Å²) in [6.45, 7) is 9.02. The SMILES string of the molecule is CC(C)CCCCCCCC1(C(=O)O)CCC(CCCCCCCC(C)C)(C(=O)O)CC1. The summed E-state index contributed by atoms with van der Waals surface area (Å²) in [6, 6.07) is 0. The molecule has 0 heterocycles. The van der Waals surface area contributed by atoms with Gasteiger partial charge in [0.1, 0.15) is 0 Å². The summed E-state index contributed by atoms with van der Waals surface area (Å²) in [7, 11) is 0. The van der Waals surface area contributed by atoms with Gasteiger partial charge in [-0.15, -0.1) is 0 Å². The van der Waals surface area contributed by atoms with Crippen LogP contribution in [-0.4, -0.2) is 22.2 Å². The second-order valence-corrected chi connectivity index (χ2v) is 11.6. The zero-order valence-corrected chi connectivity index (χ0v) is 21.6. The molecule has 1 fully saturated rings. The molecule has 0 atom stereocenters. The van der Waals surface area contributed by atoms with Gasteiger partial charge >= 0.3 is 11.9 Å². The molecule has 0 bridgehead atoms. The maximum absolute atomic E-state index is 12.2. The molecular weight excluding hydrogens is 400 g/mol. The number of rotatable bonds is 18. The highest BCUT2D eigenvalue weighted by molar-refractivity contribution is 5.78. The Bertz CT molecular complexity index is 482. The minimum Gasteiger partial charge on any atom is -0.481 e. The number of hydrogen-bond donors (Lipinski definition) is 2. The van der Waals surface area contributed by atoms with Crippen molar-refractivity contribution in [3.63, 3.8) is 0 Å². The average Bonchev–Trinajstić information content (AvgIpc) is 2.72. The second-order valence-electron chi connectivity index (χ2n) is 11.6. The summed E-state index contributed by atoms with van der Waals surface area (Å²) in [5.74, 6) is 0.0988. The van der Waals surface area contributed by atoms with E-state index in [0.717, 1.165) is 37.5 Å². The molecule has 2 N–H and O–H groups in total. The van der Waals surface area contributed by atoms with Crippen LogP contribution in [0, 0.1) is 22.7 Å². The molecule has 0 aromatic rings. The van der Waals surface area contributed by atoms with Crippen LogP contribution in [0.15, 0.2) is 0 Å². The van der Waals surface area contributed by atoms with Gasteiger partial charge in [-0.05, 0) is 50.4 Å². The Kier molecular flexibility index (Phi) is 13.5. The number of aliphatic carboxylic acids is 2. The maximum Gasteiger partial charge on any atom is 0.309 e. The summed E-state index contributed by atoms with van der Waals surface area (Å²) in [6.07, 6.45) is 17.5. The summed E-state index contributed by atoms with van der Waals surface area (Å²) in [4.78, 5) is 24.3. The Labute approximate surface area is 197 Å². The lowest BCUT2D eigenvalue weighted by Crippen LogP contribution is -2.43. The van der Waals surface area contributed by atoms with Gasteiger partial charge in [0.15, 0.2) is 0 Å². The van der Waals surface area contributed by atoms with Crippen LogP contribution in [0.1, 0.15) is 143 Å². The predicted octanol–water partition coefficient (Wildman–Crippen LogP) is 8.48. The fourth-order valence-corrected chi connectivity index (χ4v) is 5.44. The van der Waals surface area contributed by atoms with Crippen molar-refractivity contribution in [2.45, 2.75) is 143 Å². The van der Waals surface area contributed by atoms with E-state index in [0.29, 0.717) is 38.5 Å². The van der Waals surface area contributed by atoms with E-state index in [1.54, 1.807) is 0 Å². The molecule has 0 spiro atoms. The van der Waals surface area contributed by atoms with Crippen molar-refractivity contribution in [1.82, 2.24) is 0 Å². The Balaban J connectivity index is 2.42. The molecule has 1 saturated carbocycles. The highest BCUT2D eigenvalue weighted by Gasteiger charge is 2.49. The number of carboxylic acids is 2. The Hall–Kier alpha value is -1.06. The van der Waals surface area contributed by atoms with Crippen molar-refractivity contribution in [1.29, 1.82) is 0 Å². The molecule has 1 aliphatic carbocycles. The van der Waals surface area contributed by atoms with Crippen molar-refractivity contribution in [3.05, 3.63) is 0 Å². The molecule has 1 aliphatic rings. The van der Waals surface area contributed by atoms with Gasteiger partial charge in [-0.3, -0.25) is 9.59 Å². The first-order valence-corrected chi connectivity index (χ1v) is 13.6.